The van der Waals surface area contributed by atoms with Gasteiger partial charge in [0.25, 0.3) is 11.8 Å². The van der Waals surface area contributed by atoms with Gasteiger partial charge in [-0.25, -0.2) is 5.43 Å². The number of nitrogens with zero attached hydrogens (tertiary/aromatic N) is 2. The van der Waals surface area contributed by atoms with E-state index in [0.29, 0.717) is 19.4 Å². The Balaban J connectivity index is 1.34. The molecule has 1 saturated heterocycles. The number of pyridine rings is 1. The lowest BCUT2D eigenvalue weighted by atomic mass is 10.1. The largest absolute Gasteiger partial charge is 0.452 e. The van der Waals surface area contributed by atoms with Crippen LogP contribution in [0.5, 0.6) is 0 Å². The maximum Gasteiger partial charge on any atom is 0.303 e. The van der Waals surface area contributed by atoms with Crippen molar-refractivity contribution < 1.29 is 23.9 Å². The molecular formula is C29H37N5O5. The van der Waals surface area contributed by atoms with E-state index in [1.165, 1.54) is 11.9 Å². The predicted octanol–water partition coefficient (Wildman–Crippen LogP) is 2.79. The minimum absolute atomic E-state index is 0.00768. The third-order valence-electron chi connectivity index (χ3n) is 7.00. The van der Waals surface area contributed by atoms with Crippen molar-refractivity contribution >= 4 is 40.7 Å². The molecule has 2 fully saturated rings. The summed E-state index contributed by atoms with van der Waals surface area (Å²) in [5.41, 5.74) is 5.67. The number of carbonyl (C=O) groups excluding carboxylic acids is 4. The molecule has 1 aromatic carbocycles. The Morgan fingerprint density at radius 2 is 1.85 bits per heavy atom. The fourth-order valence-electron chi connectivity index (χ4n) is 4.74. The summed E-state index contributed by atoms with van der Waals surface area (Å²) in [4.78, 5) is 55.0. The molecule has 4 rings (SSSR count). The van der Waals surface area contributed by atoms with E-state index < -0.39 is 30.1 Å². The van der Waals surface area contributed by atoms with E-state index in [9.17, 15) is 19.2 Å². The third-order valence-corrected chi connectivity index (χ3v) is 7.00. The van der Waals surface area contributed by atoms with Gasteiger partial charge in [-0.05, 0) is 64.2 Å². The molecule has 1 saturated carbocycles. The average Bonchev–Trinajstić information content (AvgIpc) is 3.76. The summed E-state index contributed by atoms with van der Waals surface area (Å²) in [6, 6.07) is 8.18. The van der Waals surface area contributed by atoms with Gasteiger partial charge in [0, 0.05) is 24.8 Å². The second-order valence-corrected chi connectivity index (χ2v) is 10.3. The second kappa shape index (κ2) is 12.4. The number of fused-ring (bicyclic) bond motifs is 1. The van der Waals surface area contributed by atoms with Crippen LogP contribution in [0.2, 0.25) is 0 Å². The first-order chi connectivity index (χ1) is 18.7. The zero-order chi connectivity index (χ0) is 28.1. The van der Waals surface area contributed by atoms with Crippen molar-refractivity contribution in [2.24, 2.45) is 5.92 Å². The first kappa shape index (κ1) is 28.2. The quantitative estimate of drug-likeness (QED) is 0.421. The molecule has 0 unspecified atom stereocenters. The number of ether oxygens (including phenoxy) is 1. The van der Waals surface area contributed by atoms with Crippen molar-refractivity contribution in [2.45, 2.75) is 77.6 Å². The van der Waals surface area contributed by atoms with E-state index in [4.69, 9.17) is 9.72 Å². The molecule has 0 bridgehead atoms. The van der Waals surface area contributed by atoms with Gasteiger partial charge in [0.15, 0.2) is 6.10 Å². The number of carbonyl (C=O) groups is 4. The molecule has 2 aromatic rings. The summed E-state index contributed by atoms with van der Waals surface area (Å²) < 4.78 is 5.17. The van der Waals surface area contributed by atoms with Gasteiger partial charge in [0.2, 0.25) is 5.91 Å². The van der Waals surface area contributed by atoms with Gasteiger partial charge in [-0.1, -0.05) is 30.4 Å². The Bertz CT molecular complexity index is 1270. The first-order valence-electron chi connectivity index (χ1n) is 13.5. The van der Waals surface area contributed by atoms with Crippen molar-refractivity contribution in [3.8, 4) is 0 Å². The number of amides is 3. The minimum Gasteiger partial charge on any atom is -0.452 e. The lowest BCUT2D eigenvalue weighted by molar-refractivity contribution is -0.156. The molecule has 1 aromatic heterocycles. The molecular weight excluding hydrogens is 498 g/mol. The SMILES string of the molecule is C/C=C/c1ccc2ccc([C@@H](C)NC(=O)[C@@H]3CCCN(C(=O)[C@H](C)NC(=O)[C@H](OC(C)=O)C4CC4)N3)nc2c1. The Kier molecular flexibility index (Phi) is 8.96. The van der Waals surface area contributed by atoms with Gasteiger partial charge in [-0.3, -0.25) is 29.2 Å². The monoisotopic (exact) mass is 535 g/mol. The number of hydrogen-bond donors (Lipinski definition) is 3. The van der Waals surface area contributed by atoms with Crippen LogP contribution in [0.1, 0.15) is 70.7 Å². The molecule has 39 heavy (non-hydrogen) atoms. The number of hydrazine groups is 1. The van der Waals surface area contributed by atoms with E-state index in [-0.39, 0.29) is 23.8 Å². The smallest absolute Gasteiger partial charge is 0.303 e. The Morgan fingerprint density at radius 1 is 1.10 bits per heavy atom. The standard InChI is InChI=1S/C29H37N5O5/c1-5-7-20-9-10-21-13-14-23(32-25(21)16-20)17(2)30-27(36)24-8-6-15-34(33-24)29(38)18(3)31-28(37)26(22-11-12-22)39-19(4)35/h5,7,9-10,13-14,16-18,22,24,26,33H,6,8,11-12,15H2,1-4H3,(H,30,36)(H,31,37)/b7-5+/t17-,18+,24+,26-/m1/s1. The number of allylic oxidation sites excluding steroid dienone is 1. The molecule has 208 valence electrons. The molecule has 0 radical (unpaired) electrons. The van der Waals surface area contributed by atoms with Crippen molar-refractivity contribution in [2.75, 3.05) is 6.54 Å². The van der Waals surface area contributed by atoms with Crippen LogP contribution in [-0.4, -0.2) is 58.4 Å². The van der Waals surface area contributed by atoms with Gasteiger partial charge in [-0.2, -0.15) is 0 Å². The Hall–Kier alpha value is -3.79. The van der Waals surface area contributed by atoms with E-state index in [1.54, 1.807) is 6.92 Å². The van der Waals surface area contributed by atoms with Gasteiger partial charge in [-0.15, -0.1) is 0 Å². The van der Waals surface area contributed by atoms with E-state index in [2.05, 4.69) is 16.1 Å². The van der Waals surface area contributed by atoms with Crippen molar-refractivity contribution in [1.29, 1.82) is 0 Å². The molecule has 0 spiro atoms. The van der Waals surface area contributed by atoms with E-state index in [0.717, 1.165) is 35.0 Å². The molecule has 10 heteroatoms. The molecule has 1 aliphatic heterocycles. The van der Waals surface area contributed by atoms with E-state index in [1.807, 2.05) is 56.3 Å². The van der Waals surface area contributed by atoms with Crippen LogP contribution in [0.15, 0.2) is 36.4 Å². The number of aromatic nitrogens is 1. The van der Waals surface area contributed by atoms with Crippen LogP contribution < -0.4 is 16.1 Å². The highest BCUT2D eigenvalue weighted by molar-refractivity contribution is 5.91. The van der Waals surface area contributed by atoms with Crippen LogP contribution in [0, 0.1) is 5.92 Å². The predicted molar refractivity (Wildman–Crippen MR) is 147 cm³/mol. The Labute approximate surface area is 228 Å². The van der Waals surface area contributed by atoms with Crippen molar-refractivity contribution in [3.05, 3.63) is 47.7 Å². The number of benzene rings is 1. The highest BCUT2D eigenvalue weighted by Crippen LogP contribution is 2.34. The molecule has 2 aliphatic rings. The molecule has 2 heterocycles. The summed E-state index contributed by atoms with van der Waals surface area (Å²) in [7, 11) is 0. The first-order valence-corrected chi connectivity index (χ1v) is 13.5. The molecule has 1 aliphatic carbocycles. The normalized spacial score (nSPS) is 19.8. The zero-order valence-corrected chi connectivity index (χ0v) is 22.9. The van der Waals surface area contributed by atoms with Crippen molar-refractivity contribution in [1.82, 2.24) is 26.1 Å². The zero-order valence-electron chi connectivity index (χ0n) is 22.9. The number of esters is 1. The molecule has 4 atom stereocenters. The third kappa shape index (κ3) is 7.20. The van der Waals surface area contributed by atoms with Crippen LogP contribution in [0.4, 0.5) is 0 Å². The van der Waals surface area contributed by atoms with Gasteiger partial charge in [0.05, 0.1) is 17.3 Å². The maximum absolute atomic E-state index is 13.1. The topological polar surface area (TPSA) is 130 Å². The summed E-state index contributed by atoms with van der Waals surface area (Å²) in [6.45, 7) is 7.10. The molecule has 3 amide bonds. The van der Waals surface area contributed by atoms with E-state index >= 15 is 0 Å². The fraction of sp³-hybridized carbons (Fsp3) is 0.483. The fourth-order valence-corrected chi connectivity index (χ4v) is 4.74. The number of hydrogen-bond acceptors (Lipinski definition) is 7. The van der Waals surface area contributed by atoms with Crippen LogP contribution >= 0.6 is 0 Å². The summed E-state index contributed by atoms with van der Waals surface area (Å²) >= 11 is 0. The summed E-state index contributed by atoms with van der Waals surface area (Å²) in [5, 5.41) is 8.08. The van der Waals surface area contributed by atoms with Crippen LogP contribution in [-0.2, 0) is 23.9 Å². The molecule has 3 N–H and O–H groups in total. The molecule has 10 nitrogen and oxygen atoms in total. The van der Waals surface area contributed by atoms with Crippen molar-refractivity contribution in [3.63, 3.8) is 0 Å². The van der Waals surface area contributed by atoms with Gasteiger partial charge in [0.1, 0.15) is 12.1 Å². The lowest BCUT2D eigenvalue weighted by Crippen LogP contribution is -2.61. The maximum atomic E-state index is 13.1. The highest BCUT2D eigenvalue weighted by atomic mass is 16.5. The average molecular weight is 536 g/mol. The van der Waals surface area contributed by atoms with Gasteiger partial charge >= 0.3 is 5.97 Å². The minimum atomic E-state index is -0.884. The van der Waals surface area contributed by atoms with Crippen LogP contribution in [0.25, 0.3) is 17.0 Å². The summed E-state index contributed by atoms with van der Waals surface area (Å²) in [5.74, 6) is -1.61. The lowest BCUT2D eigenvalue weighted by Gasteiger charge is -2.35. The van der Waals surface area contributed by atoms with Crippen LogP contribution in [0.3, 0.4) is 0 Å². The summed E-state index contributed by atoms with van der Waals surface area (Å²) in [6.07, 6.45) is 5.92. The highest BCUT2D eigenvalue weighted by Gasteiger charge is 2.40. The number of rotatable bonds is 9. The van der Waals surface area contributed by atoms with Gasteiger partial charge < -0.3 is 15.4 Å². The Morgan fingerprint density at radius 3 is 2.54 bits per heavy atom. The number of nitrogens with one attached hydrogen (secondary N) is 3. The second-order valence-electron chi connectivity index (χ2n) is 10.3.